The van der Waals surface area contributed by atoms with Crippen molar-refractivity contribution in [2.24, 2.45) is 0 Å². The van der Waals surface area contributed by atoms with Gasteiger partial charge in [-0.2, -0.15) is 0 Å². The van der Waals surface area contributed by atoms with E-state index in [-0.39, 0.29) is 5.78 Å². The second-order valence-electron chi connectivity index (χ2n) is 3.99. The number of fused-ring (bicyclic) bond motifs is 2. The van der Waals surface area contributed by atoms with E-state index in [9.17, 15) is 4.79 Å². The Balaban J connectivity index is 2.34. The molecule has 2 heteroatoms. The van der Waals surface area contributed by atoms with Crippen LogP contribution in [0.1, 0.15) is 11.1 Å². The summed E-state index contributed by atoms with van der Waals surface area (Å²) in [4.78, 5) is 11.3. The molecule has 0 bridgehead atoms. The van der Waals surface area contributed by atoms with E-state index in [2.05, 4.69) is 6.07 Å². The molecule has 1 aliphatic carbocycles. The van der Waals surface area contributed by atoms with Crippen LogP contribution in [-0.2, 0) is 11.2 Å². The molecule has 0 saturated carbocycles. The van der Waals surface area contributed by atoms with Gasteiger partial charge >= 0.3 is 0 Å². The number of rotatable bonds is 0. The van der Waals surface area contributed by atoms with Gasteiger partial charge < -0.3 is 0 Å². The van der Waals surface area contributed by atoms with Gasteiger partial charge in [0.15, 0.2) is 5.78 Å². The zero-order valence-corrected chi connectivity index (χ0v) is 9.29. The summed E-state index contributed by atoms with van der Waals surface area (Å²) in [6.45, 7) is 0. The topological polar surface area (TPSA) is 17.1 Å². The summed E-state index contributed by atoms with van der Waals surface area (Å²) < 4.78 is 0. The molecule has 78 valence electrons. The Bertz CT molecular complexity index is 626. The molecule has 3 rings (SSSR count). The number of halogens is 1. The summed E-state index contributed by atoms with van der Waals surface area (Å²) in [5.74, 6) is 0.152. The van der Waals surface area contributed by atoms with Crippen LogP contribution >= 0.6 is 11.6 Å². The molecule has 0 radical (unpaired) electrons. The van der Waals surface area contributed by atoms with Crippen LogP contribution in [0.5, 0.6) is 0 Å². The number of carbonyl (C=O) groups excluding carboxylic acids is 1. The van der Waals surface area contributed by atoms with Crippen LogP contribution < -0.4 is 0 Å². The first-order valence-corrected chi connectivity index (χ1v) is 5.54. The van der Waals surface area contributed by atoms with Gasteiger partial charge in [-0.05, 0) is 40.8 Å². The van der Waals surface area contributed by atoms with Gasteiger partial charge in [-0.25, -0.2) is 0 Å². The van der Waals surface area contributed by atoms with Crippen LogP contribution in [0.3, 0.4) is 0 Å². The van der Waals surface area contributed by atoms with Crippen molar-refractivity contribution in [1.82, 2.24) is 0 Å². The minimum absolute atomic E-state index is 0.152. The number of allylic oxidation sites excluding steroid dienone is 1. The highest BCUT2D eigenvalue weighted by atomic mass is 35.5. The van der Waals surface area contributed by atoms with E-state index >= 15 is 0 Å². The lowest BCUT2D eigenvalue weighted by atomic mass is 9.93. The highest BCUT2D eigenvalue weighted by Crippen LogP contribution is 2.29. The maximum absolute atomic E-state index is 11.3. The van der Waals surface area contributed by atoms with Gasteiger partial charge in [0, 0.05) is 16.8 Å². The zero-order chi connectivity index (χ0) is 11.1. The Hall–Kier alpha value is -1.60. The highest BCUT2D eigenvalue weighted by molar-refractivity contribution is 6.35. The minimum atomic E-state index is 0.152. The molecule has 0 aliphatic heterocycles. The fraction of sp³-hybridized carbons (Fsp3) is 0.0714. The van der Waals surface area contributed by atoms with Gasteiger partial charge in [-0.3, -0.25) is 4.79 Å². The molecule has 2 aromatic carbocycles. The zero-order valence-electron chi connectivity index (χ0n) is 8.53. The van der Waals surface area contributed by atoms with E-state index in [1.54, 1.807) is 6.08 Å². The van der Waals surface area contributed by atoms with Crippen LogP contribution in [0.2, 0.25) is 5.02 Å². The van der Waals surface area contributed by atoms with Crippen molar-refractivity contribution < 1.29 is 4.79 Å². The van der Waals surface area contributed by atoms with E-state index in [0.29, 0.717) is 6.42 Å². The average molecular weight is 229 g/mol. The highest BCUT2D eigenvalue weighted by Gasteiger charge is 2.11. The first kappa shape index (κ1) is 9.61. The predicted molar refractivity (Wildman–Crippen MR) is 66.7 cm³/mol. The summed E-state index contributed by atoms with van der Waals surface area (Å²) in [6.07, 6.45) is 3.99. The van der Waals surface area contributed by atoms with E-state index in [1.807, 2.05) is 30.3 Å². The van der Waals surface area contributed by atoms with Crippen LogP contribution in [0.25, 0.3) is 16.8 Å². The van der Waals surface area contributed by atoms with Gasteiger partial charge in [0.1, 0.15) is 0 Å². The molecule has 0 fully saturated rings. The Labute approximate surface area is 98.3 Å². The molecule has 1 aliphatic rings. The molecular weight excluding hydrogens is 220 g/mol. The second-order valence-corrected chi connectivity index (χ2v) is 4.40. The predicted octanol–water partition coefficient (Wildman–Crippen LogP) is 3.63. The number of ketones is 1. The lowest BCUT2D eigenvalue weighted by Gasteiger charge is -2.11. The molecule has 2 aromatic rings. The summed E-state index contributed by atoms with van der Waals surface area (Å²) in [6, 6.07) is 9.95. The van der Waals surface area contributed by atoms with Crippen molar-refractivity contribution in [3.05, 3.63) is 52.6 Å². The summed E-state index contributed by atoms with van der Waals surface area (Å²) in [5.41, 5.74) is 2.18. The molecular formula is C14H9ClO. The molecule has 0 aromatic heterocycles. The number of hydrogen-bond acceptors (Lipinski definition) is 1. The SMILES string of the molecule is O=C1C=Cc2cc3cccc(Cl)c3cc2C1. The van der Waals surface area contributed by atoms with Gasteiger partial charge in [0.05, 0.1) is 0 Å². The summed E-state index contributed by atoms with van der Waals surface area (Å²) >= 11 is 6.13. The third-order valence-electron chi connectivity index (χ3n) is 2.90. The maximum Gasteiger partial charge on any atom is 0.160 e. The fourth-order valence-electron chi connectivity index (χ4n) is 2.09. The van der Waals surface area contributed by atoms with E-state index in [4.69, 9.17) is 11.6 Å². The molecule has 0 spiro atoms. The lowest BCUT2D eigenvalue weighted by Crippen LogP contribution is -2.05. The van der Waals surface area contributed by atoms with Crippen molar-refractivity contribution >= 4 is 34.2 Å². The van der Waals surface area contributed by atoms with Gasteiger partial charge in [0.2, 0.25) is 0 Å². The molecule has 0 unspecified atom stereocenters. The average Bonchev–Trinajstić information content (AvgIpc) is 2.28. The van der Waals surface area contributed by atoms with E-state index in [0.717, 1.165) is 26.9 Å². The third-order valence-corrected chi connectivity index (χ3v) is 3.23. The molecule has 0 saturated heterocycles. The van der Waals surface area contributed by atoms with Crippen molar-refractivity contribution in [2.45, 2.75) is 6.42 Å². The summed E-state index contributed by atoms with van der Waals surface area (Å²) in [7, 11) is 0. The Kier molecular flexibility index (Phi) is 2.08. The van der Waals surface area contributed by atoms with Crippen molar-refractivity contribution in [3.63, 3.8) is 0 Å². The largest absolute Gasteiger partial charge is 0.294 e. The van der Waals surface area contributed by atoms with E-state index < -0.39 is 0 Å². The minimum Gasteiger partial charge on any atom is -0.294 e. The normalized spacial score (nSPS) is 14.2. The molecule has 1 nitrogen and oxygen atoms in total. The monoisotopic (exact) mass is 228 g/mol. The Morgan fingerprint density at radius 1 is 1.12 bits per heavy atom. The van der Waals surface area contributed by atoms with E-state index in [1.165, 1.54) is 0 Å². The first-order chi connectivity index (χ1) is 7.74. The molecule has 0 heterocycles. The van der Waals surface area contributed by atoms with Gasteiger partial charge in [-0.1, -0.05) is 29.8 Å². The van der Waals surface area contributed by atoms with Crippen LogP contribution in [0.4, 0.5) is 0 Å². The third kappa shape index (κ3) is 1.44. The fourth-order valence-corrected chi connectivity index (χ4v) is 2.32. The smallest absolute Gasteiger partial charge is 0.160 e. The van der Waals surface area contributed by atoms with Crippen LogP contribution in [0.15, 0.2) is 36.4 Å². The van der Waals surface area contributed by atoms with Gasteiger partial charge in [0.25, 0.3) is 0 Å². The second kappa shape index (κ2) is 3.46. The lowest BCUT2D eigenvalue weighted by molar-refractivity contribution is -0.114. The van der Waals surface area contributed by atoms with Gasteiger partial charge in [-0.15, -0.1) is 0 Å². The number of hydrogen-bond donors (Lipinski definition) is 0. The summed E-state index contributed by atoms with van der Waals surface area (Å²) in [5, 5.41) is 2.87. The van der Waals surface area contributed by atoms with Crippen molar-refractivity contribution in [1.29, 1.82) is 0 Å². The molecule has 0 amide bonds. The van der Waals surface area contributed by atoms with Crippen LogP contribution in [0, 0.1) is 0 Å². The standard InChI is InChI=1S/C14H9ClO/c15-14-3-1-2-10-6-9-4-5-12(16)7-11(9)8-13(10)14/h1-6,8H,7H2. The Morgan fingerprint density at radius 3 is 2.88 bits per heavy atom. The van der Waals surface area contributed by atoms with Crippen molar-refractivity contribution in [2.75, 3.05) is 0 Å². The quantitative estimate of drug-likeness (QED) is 0.673. The maximum atomic E-state index is 11.3. The first-order valence-electron chi connectivity index (χ1n) is 5.16. The number of benzene rings is 2. The Morgan fingerprint density at radius 2 is 2.00 bits per heavy atom. The molecule has 16 heavy (non-hydrogen) atoms. The van der Waals surface area contributed by atoms with Crippen molar-refractivity contribution in [3.8, 4) is 0 Å². The molecule has 0 atom stereocenters. The molecule has 0 N–H and O–H groups in total. The number of carbonyl (C=O) groups is 1. The van der Waals surface area contributed by atoms with Crippen LogP contribution in [-0.4, -0.2) is 5.78 Å².